The second kappa shape index (κ2) is 6.66. The zero-order valence-electron chi connectivity index (χ0n) is 13.2. The van der Waals surface area contributed by atoms with Gasteiger partial charge in [0.2, 0.25) is 0 Å². The first-order valence-electron chi connectivity index (χ1n) is 7.60. The molecule has 0 amide bonds. The summed E-state index contributed by atoms with van der Waals surface area (Å²) in [6.07, 6.45) is -0.526. The molecule has 2 aromatic carbocycles. The van der Waals surface area contributed by atoms with Gasteiger partial charge in [0.25, 0.3) is 0 Å². The fraction of sp³-hybridized carbons (Fsp3) is 0.278. The molecule has 4 nitrogen and oxygen atoms in total. The molecule has 1 heterocycles. The summed E-state index contributed by atoms with van der Waals surface area (Å²) in [6, 6.07) is 13.2. The standard InChI is InChI=1S/C18H19NO3S/c1-19(2)10-12(20)11-22-13-7-8-17-15(9-13)18(21)14-5-3-4-6-16(14)23-17/h3-9,12,20H,10-11H2,1-2H3/p+1. The smallest absolute Gasteiger partial charge is 0.196 e. The minimum absolute atomic E-state index is 0.0260. The average Bonchev–Trinajstić information content (AvgIpc) is 2.53. The molecule has 0 saturated carbocycles. The highest BCUT2D eigenvalue weighted by molar-refractivity contribution is 7.24. The zero-order chi connectivity index (χ0) is 16.4. The van der Waals surface area contributed by atoms with E-state index in [1.54, 1.807) is 17.4 Å². The molecule has 120 valence electrons. The van der Waals surface area contributed by atoms with Crippen molar-refractivity contribution >= 4 is 31.5 Å². The van der Waals surface area contributed by atoms with Crippen LogP contribution in [0.1, 0.15) is 0 Å². The van der Waals surface area contributed by atoms with Gasteiger partial charge in [-0.1, -0.05) is 12.1 Å². The minimum Gasteiger partial charge on any atom is -0.491 e. The number of benzene rings is 2. The van der Waals surface area contributed by atoms with Crippen LogP contribution < -0.4 is 15.1 Å². The van der Waals surface area contributed by atoms with Crippen molar-refractivity contribution in [3.8, 4) is 5.75 Å². The molecular formula is C18H20NO3S+. The lowest BCUT2D eigenvalue weighted by molar-refractivity contribution is -0.861. The lowest BCUT2D eigenvalue weighted by Crippen LogP contribution is -3.07. The first kappa shape index (κ1) is 15.9. The van der Waals surface area contributed by atoms with E-state index in [9.17, 15) is 9.90 Å². The van der Waals surface area contributed by atoms with Gasteiger partial charge in [0.1, 0.15) is 25.0 Å². The van der Waals surface area contributed by atoms with Gasteiger partial charge in [-0.25, -0.2) is 0 Å². The van der Waals surface area contributed by atoms with Gasteiger partial charge in [-0.3, -0.25) is 4.79 Å². The van der Waals surface area contributed by atoms with Crippen molar-refractivity contribution in [2.75, 3.05) is 27.2 Å². The molecule has 0 radical (unpaired) electrons. The molecule has 0 fully saturated rings. The maximum Gasteiger partial charge on any atom is 0.196 e. The third-order valence-corrected chi connectivity index (χ3v) is 4.79. The summed E-state index contributed by atoms with van der Waals surface area (Å²) < 4.78 is 7.58. The van der Waals surface area contributed by atoms with E-state index >= 15 is 0 Å². The number of hydrogen-bond donors (Lipinski definition) is 2. The van der Waals surface area contributed by atoms with Crippen molar-refractivity contribution < 1.29 is 14.7 Å². The molecule has 2 N–H and O–H groups in total. The van der Waals surface area contributed by atoms with Crippen molar-refractivity contribution in [1.82, 2.24) is 0 Å². The molecule has 0 spiro atoms. The van der Waals surface area contributed by atoms with Crippen LogP contribution in [0.5, 0.6) is 5.75 Å². The topological polar surface area (TPSA) is 51.0 Å². The Balaban J connectivity index is 1.91. The number of nitrogens with one attached hydrogen (secondary N) is 1. The summed E-state index contributed by atoms with van der Waals surface area (Å²) in [5.74, 6) is 0.616. The minimum atomic E-state index is -0.526. The monoisotopic (exact) mass is 330 g/mol. The number of hydrogen-bond acceptors (Lipinski definition) is 4. The van der Waals surface area contributed by atoms with Crippen LogP contribution in [-0.2, 0) is 0 Å². The van der Waals surface area contributed by atoms with Crippen molar-refractivity contribution in [2.45, 2.75) is 6.10 Å². The highest BCUT2D eigenvalue weighted by atomic mass is 32.1. The van der Waals surface area contributed by atoms with Crippen LogP contribution in [0, 0.1) is 0 Å². The fourth-order valence-corrected chi connectivity index (χ4v) is 3.65. The average molecular weight is 330 g/mol. The number of likely N-dealkylation sites (N-methyl/N-ethyl adjacent to an activating group) is 1. The molecule has 23 heavy (non-hydrogen) atoms. The molecular weight excluding hydrogens is 310 g/mol. The molecule has 0 saturated heterocycles. The van der Waals surface area contributed by atoms with Gasteiger partial charge in [0.15, 0.2) is 5.43 Å². The van der Waals surface area contributed by atoms with Crippen LogP contribution in [0.3, 0.4) is 0 Å². The fourth-order valence-electron chi connectivity index (χ4n) is 2.59. The first-order valence-corrected chi connectivity index (χ1v) is 8.42. The lowest BCUT2D eigenvalue weighted by Gasteiger charge is -2.14. The lowest BCUT2D eigenvalue weighted by atomic mass is 10.2. The molecule has 3 rings (SSSR count). The Kier molecular flexibility index (Phi) is 4.61. The van der Waals surface area contributed by atoms with Gasteiger partial charge < -0.3 is 14.7 Å². The summed E-state index contributed by atoms with van der Waals surface area (Å²) in [5, 5.41) is 11.3. The van der Waals surface area contributed by atoms with Crippen molar-refractivity contribution in [2.24, 2.45) is 0 Å². The summed E-state index contributed by atoms with van der Waals surface area (Å²) in [4.78, 5) is 13.8. The molecule has 5 heteroatoms. The normalized spacial score (nSPS) is 12.9. The van der Waals surface area contributed by atoms with Crippen LogP contribution in [0.2, 0.25) is 0 Å². The quantitative estimate of drug-likeness (QED) is 0.694. The summed E-state index contributed by atoms with van der Waals surface area (Å²) in [6.45, 7) is 0.842. The predicted octanol–water partition coefficient (Wildman–Crippen LogP) is 1.30. The van der Waals surface area contributed by atoms with Gasteiger partial charge in [-0.15, -0.1) is 11.3 Å². The second-order valence-corrected chi connectivity index (χ2v) is 7.05. The third-order valence-electron chi connectivity index (χ3n) is 3.63. The zero-order valence-corrected chi connectivity index (χ0v) is 14.0. The second-order valence-electron chi connectivity index (χ2n) is 5.96. The molecule has 0 aliphatic heterocycles. The Morgan fingerprint density at radius 2 is 1.87 bits per heavy atom. The summed E-state index contributed by atoms with van der Waals surface area (Å²) in [5.41, 5.74) is 0.0260. The first-order chi connectivity index (χ1) is 11.0. The van der Waals surface area contributed by atoms with Crippen LogP contribution in [0.25, 0.3) is 20.2 Å². The van der Waals surface area contributed by atoms with Crippen molar-refractivity contribution in [3.63, 3.8) is 0 Å². The predicted molar refractivity (Wildman–Crippen MR) is 94.8 cm³/mol. The highest BCUT2D eigenvalue weighted by Crippen LogP contribution is 2.27. The number of rotatable bonds is 5. The maximum atomic E-state index is 12.6. The largest absolute Gasteiger partial charge is 0.491 e. The van der Waals surface area contributed by atoms with Crippen LogP contribution >= 0.6 is 11.3 Å². The van der Waals surface area contributed by atoms with E-state index in [1.165, 1.54) is 0 Å². The van der Waals surface area contributed by atoms with Crippen LogP contribution in [0.15, 0.2) is 47.3 Å². The van der Waals surface area contributed by atoms with E-state index in [2.05, 4.69) is 0 Å². The number of aliphatic hydroxyl groups is 1. The third kappa shape index (κ3) is 3.52. The number of ether oxygens (including phenoxy) is 1. The van der Waals surface area contributed by atoms with E-state index in [0.29, 0.717) is 17.7 Å². The molecule has 0 bridgehead atoms. The molecule has 1 aromatic heterocycles. The van der Waals surface area contributed by atoms with E-state index in [4.69, 9.17) is 4.74 Å². The van der Waals surface area contributed by atoms with E-state index in [1.807, 2.05) is 50.5 Å². The number of fused-ring (bicyclic) bond motifs is 2. The van der Waals surface area contributed by atoms with Gasteiger partial charge in [-0.2, -0.15) is 0 Å². The van der Waals surface area contributed by atoms with E-state index in [-0.39, 0.29) is 12.0 Å². The van der Waals surface area contributed by atoms with Crippen LogP contribution in [-0.4, -0.2) is 38.5 Å². The Hall–Kier alpha value is -1.95. The van der Waals surface area contributed by atoms with Gasteiger partial charge in [-0.05, 0) is 30.3 Å². The molecule has 0 aliphatic rings. The van der Waals surface area contributed by atoms with E-state index < -0.39 is 6.10 Å². The summed E-state index contributed by atoms with van der Waals surface area (Å²) >= 11 is 1.60. The molecule has 0 aliphatic carbocycles. The Morgan fingerprint density at radius 1 is 1.13 bits per heavy atom. The Labute approximate surface area is 138 Å². The van der Waals surface area contributed by atoms with E-state index in [0.717, 1.165) is 19.7 Å². The van der Waals surface area contributed by atoms with Gasteiger partial charge >= 0.3 is 0 Å². The number of quaternary nitrogens is 1. The van der Waals surface area contributed by atoms with Crippen LogP contribution in [0.4, 0.5) is 0 Å². The SMILES string of the molecule is C[NH+](C)CC(O)COc1ccc2sc3ccccc3c(=O)c2c1. The van der Waals surface area contributed by atoms with Gasteiger partial charge in [0, 0.05) is 20.2 Å². The molecule has 3 aromatic rings. The van der Waals surface area contributed by atoms with Crippen molar-refractivity contribution in [1.29, 1.82) is 0 Å². The maximum absolute atomic E-state index is 12.6. The number of aliphatic hydroxyl groups excluding tert-OH is 1. The summed E-state index contributed by atoms with van der Waals surface area (Å²) in [7, 11) is 3.96. The Morgan fingerprint density at radius 3 is 2.65 bits per heavy atom. The highest BCUT2D eigenvalue weighted by Gasteiger charge is 2.11. The molecule has 1 unspecified atom stereocenters. The molecule has 1 atom stereocenters. The van der Waals surface area contributed by atoms with Gasteiger partial charge in [0.05, 0.1) is 14.1 Å². The Bertz CT molecular complexity index is 888. The van der Waals surface area contributed by atoms with Crippen molar-refractivity contribution in [3.05, 3.63) is 52.7 Å².